The molecule has 0 unspecified atom stereocenters. The maximum absolute atomic E-state index is 14.8. The lowest BCUT2D eigenvalue weighted by Crippen LogP contribution is -2.41. The van der Waals surface area contributed by atoms with Crippen molar-refractivity contribution in [2.75, 3.05) is 18.5 Å². The van der Waals surface area contributed by atoms with Gasteiger partial charge in [0.1, 0.15) is 5.82 Å². The standard InChI is InChI=1S/C28H27F4N3O3S/c1-33-39(37,38)20-10-7-18(8-11-20)16-34-26(36)35-17-27(13-2-3-14-27)22-15-19(9-12-24(22)35)25-21(28(30,31)32)5-4-6-23(25)29/h4-12,15,33H,2-3,13-14,16-17H2,1H3,(H,34,36). The molecule has 3 aromatic carbocycles. The second-order valence-corrected chi connectivity index (χ2v) is 11.9. The second-order valence-electron chi connectivity index (χ2n) is 9.98. The first kappa shape index (κ1) is 27.1. The maximum Gasteiger partial charge on any atom is 0.417 e. The van der Waals surface area contributed by atoms with Crippen molar-refractivity contribution in [2.45, 2.75) is 48.7 Å². The molecule has 0 saturated heterocycles. The number of hydrogen-bond acceptors (Lipinski definition) is 3. The molecule has 3 aromatic rings. The number of carbonyl (C=O) groups is 1. The Labute approximate surface area is 224 Å². The maximum atomic E-state index is 14.8. The summed E-state index contributed by atoms with van der Waals surface area (Å²) < 4.78 is 82.0. The summed E-state index contributed by atoms with van der Waals surface area (Å²) in [5.41, 5.74) is 0.239. The van der Waals surface area contributed by atoms with E-state index in [0.29, 0.717) is 17.8 Å². The number of fused-ring (bicyclic) bond motifs is 2. The molecule has 6 nitrogen and oxygen atoms in total. The van der Waals surface area contributed by atoms with E-state index in [-0.39, 0.29) is 23.0 Å². The summed E-state index contributed by atoms with van der Waals surface area (Å²) in [6.45, 7) is 0.528. The number of amides is 2. The molecule has 1 heterocycles. The average molecular weight is 562 g/mol. The van der Waals surface area contributed by atoms with Gasteiger partial charge in [0.25, 0.3) is 0 Å². The van der Waals surface area contributed by atoms with Crippen LogP contribution in [0.2, 0.25) is 0 Å². The van der Waals surface area contributed by atoms with Gasteiger partial charge >= 0.3 is 12.2 Å². The molecule has 2 amide bonds. The predicted octanol–water partition coefficient (Wildman–Crippen LogP) is 5.96. The summed E-state index contributed by atoms with van der Waals surface area (Å²) in [5.74, 6) is -0.952. The van der Waals surface area contributed by atoms with Gasteiger partial charge in [-0.3, -0.25) is 4.90 Å². The summed E-state index contributed by atoms with van der Waals surface area (Å²) in [5, 5.41) is 2.86. The molecule has 5 rings (SSSR count). The van der Waals surface area contributed by atoms with Crippen molar-refractivity contribution in [3.05, 3.63) is 83.2 Å². The fraction of sp³-hybridized carbons (Fsp3) is 0.321. The molecule has 1 saturated carbocycles. The van der Waals surface area contributed by atoms with Crippen LogP contribution in [0.4, 0.5) is 28.0 Å². The van der Waals surface area contributed by atoms with Crippen molar-refractivity contribution in [1.29, 1.82) is 0 Å². The fourth-order valence-corrected chi connectivity index (χ4v) is 6.45. The summed E-state index contributed by atoms with van der Waals surface area (Å²) in [6.07, 6.45) is -1.32. The van der Waals surface area contributed by atoms with Crippen LogP contribution in [0.5, 0.6) is 0 Å². The number of halogens is 4. The van der Waals surface area contributed by atoms with Gasteiger partial charge in [-0.2, -0.15) is 13.2 Å². The summed E-state index contributed by atoms with van der Waals surface area (Å²) in [4.78, 5) is 15.0. The van der Waals surface area contributed by atoms with E-state index in [0.717, 1.165) is 49.4 Å². The summed E-state index contributed by atoms with van der Waals surface area (Å²) in [7, 11) is -2.25. The number of hydrogen-bond donors (Lipinski definition) is 2. The Bertz CT molecular complexity index is 1520. The minimum absolute atomic E-state index is 0.107. The SMILES string of the molecule is CNS(=O)(=O)c1ccc(CNC(=O)N2CC3(CCCC3)c3cc(-c4c(F)cccc4C(F)(F)F)ccc32)cc1. The molecule has 0 radical (unpaired) electrons. The number of anilines is 1. The molecule has 0 bridgehead atoms. The third-order valence-corrected chi connectivity index (χ3v) is 9.11. The highest BCUT2D eigenvalue weighted by Gasteiger charge is 2.46. The van der Waals surface area contributed by atoms with Crippen LogP contribution in [-0.4, -0.2) is 28.0 Å². The molecular formula is C28H27F4N3O3S. The molecular weight excluding hydrogens is 534 g/mol. The van der Waals surface area contributed by atoms with Crippen molar-refractivity contribution < 1.29 is 30.8 Å². The van der Waals surface area contributed by atoms with Gasteiger partial charge in [-0.1, -0.05) is 37.1 Å². The fourth-order valence-electron chi connectivity index (χ4n) is 5.72. The van der Waals surface area contributed by atoms with Gasteiger partial charge in [0.15, 0.2) is 0 Å². The van der Waals surface area contributed by atoms with Gasteiger partial charge in [-0.25, -0.2) is 22.3 Å². The van der Waals surface area contributed by atoms with Crippen LogP contribution in [0.15, 0.2) is 65.6 Å². The van der Waals surface area contributed by atoms with Gasteiger partial charge in [-0.15, -0.1) is 0 Å². The average Bonchev–Trinajstić information content (AvgIpc) is 3.52. The number of nitrogens with zero attached hydrogens (tertiary/aromatic N) is 1. The van der Waals surface area contributed by atoms with E-state index >= 15 is 0 Å². The van der Waals surface area contributed by atoms with E-state index in [1.165, 1.54) is 25.2 Å². The number of urea groups is 1. The van der Waals surface area contributed by atoms with Crippen molar-refractivity contribution in [1.82, 2.24) is 10.0 Å². The minimum Gasteiger partial charge on any atom is -0.334 e. The zero-order chi connectivity index (χ0) is 28.0. The number of sulfonamides is 1. The van der Waals surface area contributed by atoms with Crippen LogP contribution in [0.25, 0.3) is 11.1 Å². The molecule has 11 heteroatoms. The summed E-state index contributed by atoms with van der Waals surface area (Å²) >= 11 is 0. The normalized spacial score (nSPS) is 16.5. The molecule has 1 fully saturated rings. The van der Waals surface area contributed by atoms with E-state index in [9.17, 15) is 30.8 Å². The summed E-state index contributed by atoms with van der Waals surface area (Å²) in [6, 6.07) is 13.3. The highest BCUT2D eigenvalue weighted by Crippen LogP contribution is 2.52. The van der Waals surface area contributed by atoms with Crippen molar-refractivity contribution >= 4 is 21.7 Å². The molecule has 2 N–H and O–H groups in total. The van der Waals surface area contributed by atoms with Crippen LogP contribution < -0.4 is 14.9 Å². The van der Waals surface area contributed by atoms with Gasteiger partial charge in [0.2, 0.25) is 10.0 Å². The number of alkyl halides is 3. The Kier molecular flexibility index (Phi) is 6.92. The third kappa shape index (κ3) is 5.00. The molecule has 39 heavy (non-hydrogen) atoms. The van der Waals surface area contributed by atoms with Crippen molar-refractivity contribution in [2.24, 2.45) is 0 Å². The molecule has 0 atom stereocenters. The van der Waals surface area contributed by atoms with Gasteiger partial charge in [-0.05, 0) is 73.0 Å². The third-order valence-electron chi connectivity index (χ3n) is 7.68. The monoisotopic (exact) mass is 561 g/mol. The zero-order valence-electron chi connectivity index (χ0n) is 21.1. The van der Waals surface area contributed by atoms with E-state index in [1.54, 1.807) is 29.2 Å². The van der Waals surface area contributed by atoms with Crippen LogP contribution in [-0.2, 0) is 28.2 Å². The molecule has 1 aliphatic heterocycles. The molecule has 2 aliphatic rings. The van der Waals surface area contributed by atoms with E-state index in [1.807, 2.05) is 0 Å². The number of benzene rings is 3. The predicted molar refractivity (Wildman–Crippen MR) is 139 cm³/mol. The largest absolute Gasteiger partial charge is 0.417 e. The van der Waals surface area contributed by atoms with Crippen LogP contribution >= 0.6 is 0 Å². The number of carbonyl (C=O) groups excluding carboxylic acids is 1. The Hall–Kier alpha value is -3.44. The van der Waals surface area contributed by atoms with Crippen LogP contribution in [0.3, 0.4) is 0 Å². The van der Waals surface area contributed by atoms with Gasteiger partial charge in [0.05, 0.1) is 10.5 Å². The zero-order valence-corrected chi connectivity index (χ0v) is 21.9. The topological polar surface area (TPSA) is 78.5 Å². The number of nitrogens with one attached hydrogen (secondary N) is 2. The minimum atomic E-state index is -4.72. The lowest BCUT2D eigenvalue weighted by Gasteiger charge is -2.25. The van der Waals surface area contributed by atoms with E-state index in [4.69, 9.17) is 0 Å². The highest BCUT2D eigenvalue weighted by molar-refractivity contribution is 7.89. The second kappa shape index (κ2) is 9.95. The van der Waals surface area contributed by atoms with Crippen LogP contribution in [0, 0.1) is 5.82 Å². The lowest BCUT2D eigenvalue weighted by molar-refractivity contribution is -0.137. The van der Waals surface area contributed by atoms with E-state index < -0.39 is 38.6 Å². The molecule has 0 aromatic heterocycles. The van der Waals surface area contributed by atoms with E-state index in [2.05, 4.69) is 10.0 Å². The Morgan fingerprint density at radius 1 is 1.03 bits per heavy atom. The van der Waals surface area contributed by atoms with Crippen molar-refractivity contribution in [3.8, 4) is 11.1 Å². The Balaban J connectivity index is 1.43. The van der Waals surface area contributed by atoms with Gasteiger partial charge < -0.3 is 5.32 Å². The van der Waals surface area contributed by atoms with Gasteiger partial charge in [0, 0.05) is 29.8 Å². The van der Waals surface area contributed by atoms with Crippen molar-refractivity contribution in [3.63, 3.8) is 0 Å². The Morgan fingerprint density at radius 2 is 1.72 bits per heavy atom. The molecule has 206 valence electrons. The smallest absolute Gasteiger partial charge is 0.334 e. The first-order valence-corrected chi connectivity index (χ1v) is 14.0. The molecule has 1 aliphatic carbocycles. The Morgan fingerprint density at radius 3 is 2.36 bits per heavy atom. The van der Waals surface area contributed by atoms with Crippen LogP contribution in [0.1, 0.15) is 42.4 Å². The first-order chi connectivity index (χ1) is 18.4. The lowest BCUT2D eigenvalue weighted by atomic mass is 9.79. The molecule has 1 spiro atoms. The first-order valence-electron chi connectivity index (χ1n) is 12.5. The highest BCUT2D eigenvalue weighted by atomic mass is 32.2. The quantitative estimate of drug-likeness (QED) is 0.378. The number of rotatable bonds is 5.